The van der Waals surface area contributed by atoms with Gasteiger partial charge in [-0.15, -0.1) is 0 Å². The molecule has 0 aromatic heterocycles. The van der Waals surface area contributed by atoms with E-state index in [0.717, 1.165) is 16.9 Å². The summed E-state index contributed by atoms with van der Waals surface area (Å²) in [6.07, 6.45) is 2.40. The molecule has 0 saturated heterocycles. The number of benzene rings is 1. The largest absolute Gasteiger partial charge is 0.494 e. The maximum Gasteiger partial charge on any atom is 0.338 e. The standard InChI is InChI=1S/C13H14O3/c1-2-15-11-6-5-9-10(7-16-13(9)14)12(11)8-3-4-8/h5-6,8H,2-4,7H2,1H3. The van der Waals surface area contributed by atoms with Gasteiger partial charge in [0.05, 0.1) is 12.2 Å². The first-order valence-corrected chi connectivity index (χ1v) is 5.77. The van der Waals surface area contributed by atoms with E-state index in [1.54, 1.807) is 0 Å². The highest BCUT2D eigenvalue weighted by Gasteiger charge is 2.34. The second-order valence-corrected chi connectivity index (χ2v) is 4.29. The number of esters is 1. The Morgan fingerprint density at radius 2 is 2.25 bits per heavy atom. The molecule has 1 aromatic carbocycles. The number of hydrogen-bond acceptors (Lipinski definition) is 3. The van der Waals surface area contributed by atoms with E-state index in [4.69, 9.17) is 9.47 Å². The summed E-state index contributed by atoms with van der Waals surface area (Å²) in [5.74, 6) is 1.31. The molecule has 3 nitrogen and oxygen atoms in total. The van der Waals surface area contributed by atoms with Crippen molar-refractivity contribution < 1.29 is 14.3 Å². The third-order valence-corrected chi connectivity index (χ3v) is 3.17. The molecule has 16 heavy (non-hydrogen) atoms. The third-order valence-electron chi connectivity index (χ3n) is 3.17. The summed E-state index contributed by atoms with van der Waals surface area (Å²) in [6, 6.07) is 3.73. The molecule has 1 aliphatic carbocycles. The van der Waals surface area contributed by atoms with Crippen LogP contribution >= 0.6 is 0 Å². The third kappa shape index (κ3) is 1.39. The first-order valence-electron chi connectivity index (χ1n) is 5.77. The van der Waals surface area contributed by atoms with Crippen molar-refractivity contribution in [2.24, 2.45) is 0 Å². The fourth-order valence-corrected chi connectivity index (χ4v) is 2.31. The second-order valence-electron chi connectivity index (χ2n) is 4.29. The smallest absolute Gasteiger partial charge is 0.338 e. The van der Waals surface area contributed by atoms with E-state index >= 15 is 0 Å². The molecule has 0 amide bonds. The molecule has 0 spiro atoms. The van der Waals surface area contributed by atoms with Crippen LogP contribution in [0.15, 0.2) is 12.1 Å². The minimum Gasteiger partial charge on any atom is -0.494 e. The molecule has 1 aliphatic heterocycles. The zero-order chi connectivity index (χ0) is 11.1. The Bertz CT molecular complexity index is 447. The van der Waals surface area contributed by atoms with E-state index in [9.17, 15) is 4.79 Å². The topological polar surface area (TPSA) is 35.5 Å². The van der Waals surface area contributed by atoms with Gasteiger partial charge >= 0.3 is 5.97 Å². The number of hydrogen-bond donors (Lipinski definition) is 0. The zero-order valence-electron chi connectivity index (χ0n) is 9.29. The molecule has 3 heteroatoms. The van der Waals surface area contributed by atoms with Crippen molar-refractivity contribution in [3.05, 3.63) is 28.8 Å². The van der Waals surface area contributed by atoms with Crippen LogP contribution in [0.25, 0.3) is 0 Å². The van der Waals surface area contributed by atoms with Gasteiger partial charge in [-0.3, -0.25) is 0 Å². The van der Waals surface area contributed by atoms with Gasteiger partial charge in [0.15, 0.2) is 0 Å². The Labute approximate surface area is 94.4 Å². The Kier molecular flexibility index (Phi) is 2.13. The molecule has 1 heterocycles. The van der Waals surface area contributed by atoms with Gasteiger partial charge in [-0.2, -0.15) is 0 Å². The van der Waals surface area contributed by atoms with Crippen LogP contribution in [0.4, 0.5) is 0 Å². The zero-order valence-corrected chi connectivity index (χ0v) is 9.29. The van der Waals surface area contributed by atoms with E-state index in [2.05, 4.69) is 0 Å². The van der Waals surface area contributed by atoms with Crippen molar-refractivity contribution in [3.8, 4) is 5.75 Å². The fraction of sp³-hybridized carbons (Fsp3) is 0.462. The Hall–Kier alpha value is -1.51. The van der Waals surface area contributed by atoms with Gasteiger partial charge < -0.3 is 9.47 Å². The lowest BCUT2D eigenvalue weighted by Crippen LogP contribution is -2.01. The molecule has 0 atom stereocenters. The van der Waals surface area contributed by atoms with E-state index in [-0.39, 0.29) is 5.97 Å². The first-order chi connectivity index (χ1) is 7.81. The highest BCUT2D eigenvalue weighted by molar-refractivity contribution is 5.94. The van der Waals surface area contributed by atoms with Crippen LogP contribution in [-0.4, -0.2) is 12.6 Å². The van der Waals surface area contributed by atoms with Crippen molar-refractivity contribution >= 4 is 5.97 Å². The van der Waals surface area contributed by atoms with Crippen LogP contribution < -0.4 is 4.74 Å². The second kappa shape index (κ2) is 3.51. The van der Waals surface area contributed by atoms with Crippen LogP contribution in [-0.2, 0) is 11.3 Å². The Morgan fingerprint density at radius 3 is 2.94 bits per heavy atom. The van der Waals surface area contributed by atoms with Crippen LogP contribution in [0.1, 0.15) is 47.2 Å². The molecule has 3 rings (SSSR count). The number of rotatable bonds is 3. The average Bonchev–Trinajstić information content (AvgIpc) is 3.04. The molecule has 84 valence electrons. The van der Waals surface area contributed by atoms with Crippen LogP contribution in [0, 0.1) is 0 Å². The van der Waals surface area contributed by atoms with Gasteiger partial charge in [0.25, 0.3) is 0 Å². The number of cyclic esters (lactones) is 1. The van der Waals surface area contributed by atoms with E-state index in [1.807, 2.05) is 19.1 Å². The molecule has 0 unspecified atom stereocenters. The van der Waals surface area contributed by atoms with Gasteiger partial charge in [0.2, 0.25) is 0 Å². The molecule has 0 radical (unpaired) electrons. The number of ether oxygens (including phenoxy) is 2. The molecular weight excluding hydrogens is 204 g/mol. The lowest BCUT2D eigenvalue weighted by atomic mass is 9.98. The van der Waals surface area contributed by atoms with E-state index in [1.165, 1.54) is 18.4 Å². The van der Waals surface area contributed by atoms with Crippen LogP contribution in [0.3, 0.4) is 0 Å². The quantitative estimate of drug-likeness (QED) is 0.731. The molecular formula is C13H14O3. The summed E-state index contributed by atoms with van der Waals surface area (Å²) in [7, 11) is 0. The van der Waals surface area contributed by atoms with Crippen molar-refractivity contribution in [1.82, 2.24) is 0 Å². The van der Waals surface area contributed by atoms with Crippen molar-refractivity contribution in [2.45, 2.75) is 32.3 Å². The lowest BCUT2D eigenvalue weighted by Gasteiger charge is -2.12. The summed E-state index contributed by atoms with van der Waals surface area (Å²) >= 11 is 0. The normalized spacial score (nSPS) is 18.2. The van der Waals surface area contributed by atoms with Crippen molar-refractivity contribution in [2.75, 3.05) is 6.61 Å². The predicted molar refractivity (Wildman–Crippen MR) is 58.7 cm³/mol. The minimum atomic E-state index is -0.194. The SMILES string of the molecule is CCOc1ccc2c(c1C1CC1)COC2=O. The molecule has 2 aliphatic rings. The minimum absolute atomic E-state index is 0.194. The van der Waals surface area contributed by atoms with Crippen LogP contribution in [0.2, 0.25) is 0 Å². The molecule has 0 bridgehead atoms. The maximum atomic E-state index is 11.5. The number of carbonyl (C=O) groups is 1. The number of carbonyl (C=O) groups excluding carboxylic acids is 1. The van der Waals surface area contributed by atoms with Gasteiger partial charge in [-0.1, -0.05) is 0 Å². The summed E-state index contributed by atoms with van der Waals surface area (Å²) in [4.78, 5) is 11.5. The first kappa shape index (κ1) is 9.70. The monoisotopic (exact) mass is 218 g/mol. The van der Waals surface area contributed by atoms with Gasteiger partial charge in [-0.25, -0.2) is 4.79 Å². The van der Waals surface area contributed by atoms with Gasteiger partial charge in [-0.05, 0) is 37.8 Å². The van der Waals surface area contributed by atoms with Crippen LogP contribution in [0.5, 0.6) is 5.75 Å². The molecule has 1 fully saturated rings. The van der Waals surface area contributed by atoms with E-state index in [0.29, 0.717) is 19.1 Å². The molecule has 1 aromatic rings. The highest BCUT2D eigenvalue weighted by Crippen LogP contribution is 2.48. The van der Waals surface area contributed by atoms with E-state index < -0.39 is 0 Å². The Morgan fingerprint density at radius 1 is 1.44 bits per heavy atom. The average molecular weight is 218 g/mol. The summed E-state index contributed by atoms with van der Waals surface area (Å²) in [6.45, 7) is 3.06. The van der Waals surface area contributed by atoms with Crippen molar-refractivity contribution in [3.63, 3.8) is 0 Å². The highest BCUT2D eigenvalue weighted by atomic mass is 16.5. The summed E-state index contributed by atoms with van der Waals surface area (Å²) in [5, 5.41) is 0. The van der Waals surface area contributed by atoms with Gasteiger partial charge in [0.1, 0.15) is 12.4 Å². The number of fused-ring (bicyclic) bond motifs is 1. The predicted octanol–water partition coefficient (Wildman–Crippen LogP) is 2.63. The Balaban J connectivity index is 2.11. The summed E-state index contributed by atoms with van der Waals surface area (Å²) < 4.78 is 10.7. The lowest BCUT2D eigenvalue weighted by molar-refractivity contribution is 0.0534. The maximum absolute atomic E-state index is 11.5. The van der Waals surface area contributed by atoms with Crippen molar-refractivity contribution in [1.29, 1.82) is 0 Å². The molecule has 0 N–H and O–H groups in total. The fourth-order valence-electron chi connectivity index (χ4n) is 2.31. The molecule has 1 saturated carbocycles. The summed E-state index contributed by atoms with van der Waals surface area (Å²) in [5.41, 5.74) is 2.99. The van der Waals surface area contributed by atoms with Gasteiger partial charge in [0, 0.05) is 11.1 Å².